The first-order chi connectivity index (χ1) is 9.51. The smallest absolute Gasteiger partial charge is 0.367 e. The zero-order chi connectivity index (χ0) is 14.7. The molecule has 0 fully saturated rings. The van der Waals surface area contributed by atoms with Crippen LogP contribution in [0.5, 0.6) is 0 Å². The van der Waals surface area contributed by atoms with E-state index in [0.29, 0.717) is 10.0 Å². The maximum absolute atomic E-state index is 11.3. The van der Waals surface area contributed by atoms with Gasteiger partial charge in [-0.05, 0) is 12.1 Å². The SMILES string of the molecule is COC(=O)c1ncc(Nc2cc(Cl)ccc2[N+](=O)[O-])s1. The van der Waals surface area contributed by atoms with Crippen molar-refractivity contribution in [3.8, 4) is 0 Å². The number of benzene rings is 1. The molecule has 0 aliphatic carbocycles. The van der Waals surface area contributed by atoms with Gasteiger partial charge in [-0.1, -0.05) is 22.9 Å². The number of carbonyl (C=O) groups is 1. The minimum atomic E-state index is -0.566. The highest BCUT2D eigenvalue weighted by atomic mass is 35.5. The molecule has 1 aromatic carbocycles. The predicted molar refractivity (Wildman–Crippen MR) is 74.8 cm³/mol. The molecule has 0 aliphatic heterocycles. The molecule has 2 aromatic rings. The fraction of sp³-hybridized carbons (Fsp3) is 0.0909. The van der Waals surface area contributed by atoms with Gasteiger partial charge in [-0.15, -0.1) is 0 Å². The van der Waals surface area contributed by atoms with Crippen molar-refractivity contribution >= 4 is 45.3 Å². The van der Waals surface area contributed by atoms with Crippen LogP contribution in [0.2, 0.25) is 5.02 Å². The van der Waals surface area contributed by atoms with E-state index in [1.807, 2.05) is 0 Å². The van der Waals surface area contributed by atoms with E-state index < -0.39 is 10.9 Å². The van der Waals surface area contributed by atoms with E-state index in [2.05, 4.69) is 15.0 Å². The lowest BCUT2D eigenvalue weighted by Crippen LogP contribution is -1.99. The van der Waals surface area contributed by atoms with Crippen LogP contribution in [0.15, 0.2) is 24.4 Å². The van der Waals surface area contributed by atoms with Crippen LogP contribution >= 0.6 is 22.9 Å². The Balaban J connectivity index is 2.30. The third-order valence-corrected chi connectivity index (χ3v) is 3.41. The van der Waals surface area contributed by atoms with E-state index in [0.717, 1.165) is 11.3 Å². The van der Waals surface area contributed by atoms with Gasteiger partial charge in [-0.2, -0.15) is 0 Å². The van der Waals surface area contributed by atoms with E-state index in [1.54, 1.807) is 0 Å². The van der Waals surface area contributed by atoms with Gasteiger partial charge < -0.3 is 10.1 Å². The molecule has 2 rings (SSSR count). The Kier molecular flexibility index (Phi) is 4.16. The first-order valence-electron chi connectivity index (χ1n) is 5.26. The zero-order valence-electron chi connectivity index (χ0n) is 10.1. The summed E-state index contributed by atoms with van der Waals surface area (Å²) in [5.74, 6) is -0.566. The van der Waals surface area contributed by atoms with Crippen LogP contribution in [-0.4, -0.2) is 23.0 Å². The molecule has 0 saturated carbocycles. The van der Waals surface area contributed by atoms with E-state index in [4.69, 9.17) is 11.6 Å². The fourth-order valence-electron chi connectivity index (χ4n) is 1.41. The molecule has 20 heavy (non-hydrogen) atoms. The van der Waals surface area contributed by atoms with E-state index in [-0.39, 0.29) is 16.4 Å². The summed E-state index contributed by atoms with van der Waals surface area (Å²) in [6.45, 7) is 0. The van der Waals surface area contributed by atoms with Gasteiger partial charge in [0, 0.05) is 11.1 Å². The number of carbonyl (C=O) groups excluding carboxylic acids is 1. The molecular formula is C11H8ClN3O4S. The Labute approximate surface area is 122 Å². The van der Waals surface area contributed by atoms with Crippen LogP contribution in [0.4, 0.5) is 16.4 Å². The molecule has 0 atom stereocenters. The van der Waals surface area contributed by atoms with Crippen molar-refractivity contribution < 1.29 is 14.5 Å². The lowest BCUT2D eigenvalue weighted by molar-refractivity contribution is -0.383. The number of nitrogens with zero attached hydrogens (tertiary/aromatic N) is 2. The van der Waals surface area contributed by atoms with Gasteiger partial charge in [0.15, 0.2) is 0 Å². The number of thiazole rings is 1. The second-order valence-electron chi connectivity index (χ2n) is 3.56. The maximum atomic E-state index is 11.3. The molecular weight excluding hydrogens is 306 g/mol. The van der Waals surface area contributed by atoms with Gasteiger partial charge >= 0.3 is 5.97 Å². The molecule has 0 spiro atoms. The summed E-state index contributed by atoms with van der Waals surface area (Å²) in [6.07, 6.45) is 1.39. The average molecular weight is 314 g/mol. The van der Waals surface area contributed by atoms with Crippen molar-refractivity contribution in [2.24, 2.45) is 0 Å². The zero-order valence-corrected chi connectivity index (χ0v) is 11.7. The Hall–Kier alpha value is -2.19. The quantitative estimate of drug-likeness (QED) is 0.529. The summed E-state index contributed by atoms with van der Waals surface area (Å²) in [7, 11) is 1.25. The Morgan fingerprint density at radius 1 is 1.55 bits per heavy atom. The summed E-state index contributed by atoms with van der Waals surface area (Å²) < 4.78 is 4.53. The minimum absolute atomic E-state index is 0.123. The number of nitro groups is 1. The second kappa shape index (κ2) is 5.85. The average Bonchev–Trinajstić information content (AvgIpc) is 2.86. The van der Waals surface area contributed by atoms with Crippen molar-refractivity contribution in [2.75, 3.05) is 12.4 Å². The van der Waals surface area contributed by atoms with E-state index >= 15 is 0 Å². The van der Waals surface area contributed by atoms with Crippen molar-refractivity contribution in [3.05, 3.63) is 44.5 Å². The topological polar surface area (TPSA) is 94.4 Å². The molecule has 0 radical (unpaired) electrons. The summed E-state index contributed by atoms with van der Waals surface area (Å²) in [5, 5.41) is 14.7. The molecule has 1 N–H and O–H groups in total. The number of anilines is 2. The summed E-state index contributed by atoms with van der Waals surface area (Å²) in [6, 6.07) is 4.15. The molecule has 1 heterocycles. The number of rotatable bonds is 4. The van der Waals surface area contributed by atoms with Gasteiger partial charge in [0.25, 0.3) is 5.69 Å². The molecule has 0 aliphatic rings. The third-order valence-electron chi connectivity index (χ3n) is 2.28. The van der Waals surface area contributed by atoms with Gasteiger partial charge in [-0.25, -0.2) is 9.78 Å². The minimum Gasteiger partial charge on any atom is -0.464 e. The lowest BCUT2D eigenvalue weighted by Gasteiger charge is -2.04. The lowest BCUT2D eigenvalue weighted by atomic mass is 10.2. The summed E-state index contributed by atoms with van der Waals surface area (Å²) >= 11 is 6.84. The van der Waals surface area contributed by atoms with Gasteiger partial charge in [0.2, 0.25) is 5.01 Å². The number of aromatic nitrogens is 1. The third kappa shape index (κ3) is 3.03. The number of ether oxygens (including phenoxy) is 1. The van der Waals surface area contributed by atoms with E-state index in [9.17, 15) is 14.9 Å². The molecule has 104 valence electrons. The van der Waals surface area contributed by atoms with Crippen LogP contribution < -0.4 is 5.32 Å². The number of hydrogen-bond donors (Lipinski definition) is 1. The number of hydrogen-bond acceptors (Lipinski definition) is 7. The number of esters is 1. The molecule has 7 nitrogen and oxygen atoms in total. The highest BCUT2D eigenvalue weighted by Gasteiger charge is 2.16. The van der Waals surface area contributed by atoms with Gasteiger partial charge in [-0.3, -0.25) is 10.1 Å². The standard InChI is InChI=1S/C11H8ClN3O4S/c1-19-11(16)10-13-5-9(20-10)14-7-4-6(12)2-3-8(7)15(17)18/h2-5,14H,1H3. The van der Waals surface area contributed by atoms with Crippen LogP contribution in [0.1, 0.15) is 9.80 Å². The van der Waals surface area contributed by atoms with Gasteiger partial charge in [0.1, 0.15) is 10.7 Å². The van der Waals surface area contributed by atoms with Crippen molar-refractivity contribution in [1.82, 2.24) is 4.98 Å². The Bertz CT molecular complexity index is 673. The monoisotopic (exact) mass is 313 g/mol. The highest BCUT2D eigenvalue weighted by molar-refractivity contribution is 7.17. The van der Waals surface area contributed by atoms with Crippen molar-refractivity contribution in [3.63, 3.8) is 0 Å². The number of halogens is 1. The number of methoxy groups -OCH3 is 1. The van der Waals surface area contributed by atoms with Crippen molar-refractivity contribution in [1.29, 1.82) is 0 Å². The first-order valence-corrected chi connectivity index (χ1v) is 6.46. The number of nitrogens with one attached hydrogen (secondary N) is 1. The largest absolute Gasteiger partial charge is 0.464 e. The normalized spacial score (nSPS) is 10.1. The van der Waals surface area contributed by atoms with Crippen LogP contribution in [-0.2, 0) is 4.74 Å². The Morgan fingerprint density at radius 2 is 2.30 bits per heavy atom. The highest BCUT2D eigenvalue weighted by Crippen LogP contribution is 2.32. The summed E-state index contributed by atoms with van der Waals surface area (Å²) in [5.41, 5.74) is 0.102. The molecule has 0 saturated heterocycles. The van der Waals surface area contributed by atoms with Crippen LogP contribution in [0.25, 0.3) is 0 Å². The summed E-state index contributed by atoms with van der Waals surface area (Å²) in [4.78, 5) is 25.5. The van der Waals surface area contributed by atoms with E-state index in [1.165, 1.54) is 31.5 Å². The molecule has 0 amide bonds. The fourth-order valence-corrected chi connectivity index (χ4v) is 2.33. The maximum Gasteiger partial charge on any atom is 0.367 e. The van der Waals surface area contributed by atoms with Crippen molar-refractivity contribution in [2.45, 2.75) is 0 Å². The van der Waals surface area contributed by atoms with Gasteiger partial charge in [0.05, 0.1) is 18.2 Å². The van der Waals surface area contributed by atoms with Crippen LogP contribution in [0, 0.1) is 10.1 Å². The molecule has 1 aromatic heterocycles. The van der Waals surface area contributed by atoms with Crippen LogP contribution in [0.3, 0.4) is 0 Å². The predicted octanol–water partition coefficient (Wildman–Crippen LogP) is 3.23. The first kappa shape index (κ1) is 14.2. The molecule has 0 unspecified atom stereocenters. The number of nitro benzene ring substituents is 1. The Morgan fingerprint density at radius 3 is 2.95 bits per heavy atom. The molecule has 9 heteroatoms. The molecule has 0 bridgehead atoms. The second-order valence-corrected chi connectivity index (χ2v) is 5.03.